The first-order chi connectivity index (χ1) is 14.8. The molecule has 4 rings (SSSR count). The van der Waals surface area contributed by atoms with E-state index in [9.17, 15) is 9.90 Å². The van der Waals surface area contributed by atoms with Gasteiger partial charge in [-0.25, -0.2) is 9.97 Å². The van der Waals surface area contributed by atoms with Gasteiger partial charge in [0.2, 0.25) is 5.89 Å². The summed E-state index contributed by atoms with van der Waals surface area (Å²) in [6, 6.07) is 10.7. The zero-order chi connectivity index (χ0) is 22.1. The van der Waals surface area contributed by atoms with Gasteiger partial charge in [0.15, 0.2) is 5.58 Å². The molecule has 0 bridgehead atoms. The van der Waals surface area contributed by atoms with E-state index < -0.39 is 12.0 Å². The Kier molecular flexibility index (Phi) is 6.00. The average molecular weight is 459 g/mol. The highest BCUT2D eigenvalue weighted by molar-refractivity contribution is 6.42. The van der Waals surface area contributed by atoms with Crippen LogP contribution in [0.4, 0.5) is 0 Å². The van der Waals surface area contributed by atoms with Crippen LogP contribution in [-0.4, -0.2) is 31.7 Å². The molecule has 0 aliphatic rings. The van der Waals surface area contributed by atoms with E-state index in [-0.39, 0.29) is 11.7 Å². The highest BCUT2D eigenvalue weighted by Crippen LogP contribution is 2.32. The summed E-state index contributed by atoms with van der Waals surface area (Å²) in [7, 11) is 0. The Morgan fingerprint density at radius 2 is 2.06 bits per heavy atom. The van der Waals surface area contributed by atoms with Gasteiger partial charge >= 0.3 is 0 Å². The average Bonchev–Trinajstić information content (AvgIpc) is 3.38. The number of aromatic nitrogens is 3. The lowest BCUT2D eigenvalue weighted by Gasteiger charge is -2.21. The third-order valence-corrected chi connectivity index (χ3v) is 5.91. The molecule has 0 aliphatic heterocycles. The van der Waals surface area contributed by atoms with Gasteiger partial charge in [-0.2, -0.15) is 0 Å². The molecule has 2 atom stereocenters. The fourth-order valence-electron chi connectivity index (χ4n) is 3.55. The predicted molar refractivity (Wildman–Crippen MR) is 119 cm³/mol. The van der Waals surface area contributed by atoms with Crippen molar-refractivity contribution in [2.45, 2.75) is 31.9 Å². The third kappa shape index (κ3) is 4.44. The summed E-state index contributed by atoms with van der Waals surface area (Å²) in [6.45, 7) is 1.70. The molecule has 0 radical (unpaired) electrons. The number of hydrogen-bond donors (Lipinski definition) is 2. The van der Waals surface area contributed by atoms with Gasteiger partial charge < -0.3 is 19.8 Å². The summed E-state index contributed by atoms with van der Waals surface area (Å²) < 4.78 is 7.65. The van der Waals surface area contributed by atoms with Gasteiger partial charge in [0.05, 0.1) is 28.5 Å². The molecule has 0 saturated carbocycles. The van der Waals surface area contributed by atoms with Crippen LogP contribution in [0, 0.1) is 0 Å². The molecule has 2 aromatic carbocycles. The number of benzene rings is 2. The minimum Gasteiger partial charge on any atom is -0.436 e. The number of amides is 1. The van der Waals surface area contributed by atoms with Crippen LogP contribution in [0.15, 0.2) is 53.3 Å². The second kappa shape index (κ2) is 8.70. The molecule has 0 fully saturated rings. The molecular weight excluding hydrogens is 439 g/mol. The maximum absolute atomic E-state index is 11.3. The number of nitrogens with two attached hydrogens (primary N) is 1. The molecule has 0 spiro atoms. The van der Waals surface area contributed by atoms with Crippen LogP contribution in [-0.2, 0) is 6.42 Å². The molecule has 0 saturated heterocycles. The van der Waals surface area contributed by atoms with Gasteiger partial charge in [-0.1, -0.05) is 35.3 Å². The van der Waals surface area contributed by atoms with Crippen LogP contribution in [0.5, 0.6) is 0 Å². The molecule has 9 heteroatoms. The summed E-state index contributed by atoms with van der Waals surface area (Å²) in [5, 5.41) is 11.2. The van der Waals surface area contributed by atoms with E-state index in [1.807, 2.05) is 18.2 Å². The van der Waals surface area contributed by atoms with E-state index >= 15 is 0 Å². The Morgan fingerprint density at radius 1 is 1.26 bits per heavy atom. The number of imidazole rings is 1. The Balaban J connectivity index is 1.60. The standard InChI is InChI=1S/C22H20Cl2N4O3/c1-12(29)18(28-10-17(21(25)30)26-11-28)8-6-13-3-2-4-19-20(13)27-22(31-19)14-5-7-15(23)16(24)9-14/h2-5,7,9-12,18,29H,6,8H2,1H3,(H2,25,30)/t12-,18+/m0/s1. The first-order valence-corrected chi connectivity index (χ1v) is 10.4. The summed E-state index contributed by atoms with van der Waals surface area (Å²) in [5.74, 6) is -0.154. The van der Waals surface area contributed by atoms with E-state index in [0.29, 0.717) is 34.4 Å². The van der Waals surface area contributed by atoms with Crippen molar-refractivity contribution in [3.63, 3.8) is 0 Å². The second-order valence-electron chi connectivity index (χ2n) is 7.33. The topological polar surface area (TPSA) is 107 Å². The zero-order valence-electron chi connectivity index (χ0n) is 16.6. The maximum atomic E-state index is 11.3. The van der Waals surface area contributed by atoms with Crippen molar-refractivity contribution in [3.05, 3.63) is 70.2 Å². The molecule has 1 amide bonds. The Morgan fingerprint density at radius 3 is 2.74 bits per heavy atom. The van der Waals surface area contributed by atoms with Gasteiger partial charge in [-0.15, -0.1) is 0 Å². The highest BCUT2D eigenvalue weighted by atomic mass is 35.5. The zero-order valence-corrected chi connectivity index (χ0v) is 18.1. The lowest BCUT2D eigenvalue weighted by atomic mass is 10.0. The molecule has 0 unspecified atom stereocenters. The van der Waals surface area contributed by atoms with Crippen molar-refractivity contribution < 1.29 is 14.3 Å². The lowest BCUT2D eigenvalue weighted by molar-refractivity contribution is 0.0994. The molecule has 31 heavy (non-hydrogen) atoms. The minimum absolute atomic E-state index is 0.163. The minimum atomic E-state index is -0.654. The SMILES string of the molecule is C[C@H](O)[C@@H](CCc1cccc2oc(-c3ccc(Cl)c(Cl)c3)nc12)n1cnc(C(N)=O)c1. The number of rotatable bonds is 7. The van der Waals surface area contributed by atoms with Crippen molar-refractivity contribution in [1.82, 2.24) is 14.5 Å². The number of primary amides is 1. The summed E-state index contributed by atoms with van der Waals surface area (Å²) in [5.41, 5.74) is 8.57. The summed E-state index contributed by atoms with van der Waals surface area (Å²) in [4.78, 5) is 20.0. The van der Waals surface area contributed by atoms with Crippen molar-refractivity contribution in [3.8, 4) is 11.5 Å². The first kappa shape index (κ1) is 21.4. The Bertz CT molecular complexity index is 1250. The van der Waals surface area contributed by atoms with Crippen LogP contribution in [0.25, 0.3) is 22.6 Å². The summed E-state index contributed by atoms with van der Waals surface area (Å²) in [6.07, 6.45) is 3.64. The first-order valence-electron chi connectivity index (χ1n) is 9.68. The van der Waals surface area contributed by atoms with Crippen molar-refractivity contribution in [1.29, 1.82) is 0 Å². The molecule has 0 aliphatic carbocycles. The Hall–Kier alpha value is -2.87. The molecule has 160 valence electrons. The second-order valence-corrected chi connectivity index (χ2v) is 8.14. The number of fused-ring (bicyclic) bond motifs is 1. The molecular formula is C22H20Cl2N4O3. The van der Waals surface area contributed by atoms with Crippen molar-refractivity contribution in [2.24, 2.45) is 5.73 Å². The smallest absolute Gasteiger partial charge is 0.268 e. The number of aliphatic hydroxyl groups excluding tert-OH is 1. The molecule has 4 aromatic rings. The van der Waals surface area contributed by atoms with Gasteiger partial charge in [0.25, 0.3) is 5.91 Å². The number of carbonyl (C=O) groups excluding carboxylic acids is 1. The molecule has 7 nitrogen and oxygen atoms in total. The quantitative estimate of drug-likeness (QED) is 0.418. The fourth-order valence-corrected chi connectivity index (χ4v) is 3.85. The largest absolute Gasteiger partial charge is 0.436 e. The van der Waals surface area contributed by atoms with Crippen LogP contribution in [0.2, 0.25) is 10.0 Å². The van der Waals surface area contributed by atoms with Crippen molar-refractivity contribution in [2.75, 3.05) is 0 Å². The van der Waals surface area contributed by atoms with E-state index in [1.165, 1.54) is 6.33 Å². The maximum Gasteiger partial charge on any atom is 0.268 e. The lowest BCUT2D eigenvalue weighted by Crippen LogP contribution is -2.21. The normalized spacial score (nSPS) is 13.4. The number of hydrogen-bond acceptors (Lipinski definition) is 5. The number of nitrogens with zero attached hydrogens (tertiary/aromatic N) is 3. The monoisotopic (exact) mass is 458 g/mol. The fraction of sp³-hybridized carbons (Fsp3) is 0.227. The van der Waals surface area contributed by atoms with Crippen LogP contribution in [0.3, 0.4) is 0 Å². The number of oxazole rings is 1. The van der Waals surface area contributed by atoms with Crippen LogP contribution >= 0.6 is 23.2 Å². The van der Waals surface area contributed by atoms with Crippen LogP contribution in [0.1, 0.15) is 35.4 Å². The number of aliphatic hydroxyl groups is 1. The van der Waals surface area contributed by atoms with E-state index in [1.54, 1.807) is 35.9 Å². The van der Waals surface area contributed by atoms with Gasteiger partial charge in [-0.05, 0) is 49.6 Å². The van der Waals surface area contributed by atoms with Gasteiger partial charge in [0, 0.05) is 11.8 Å². The summed E-state index contributed by atoms with van der Waals surface area (Å²) >= 11 is 12.1. The number of halogens is 2. The number of para-hydroxylation sites is 1. The van der Waals surface area contributed by atoms with Crippen LogP contribution < -0.4 is 5.73 Å². The predicted octanol–water partition coefficient (Wildman–Crippen LogP) is 4.65. The highest BCUT2D eigenvalue weighted by Gasteiger charge is 2.20. The van der Waals surface area contributed by atoms with E-state index in [2.05, 4.69) is 9.97 Å². The number of aryl methyl sites for hydroxylation is 1. The molecule has 2 heterocycles. The molecule has 3 N–H and O–H groups in total. The van der Waals surface area contributed by atoms with E-state index in [0.717, 1.165) is 16.6 Å². The van der Waals surface area contributed by atoms with Crippen molar-refractivity contribution >= 4 is 40.2 Å². The van der Waals surface area contributed by atoms with Gasteiger partial charge in [-0.3, -0.25) is 4.79 Å². The van der Waals surface area contributed by atoms with Gasteiger partial charge in [0.1, 0.15) is 11.2 Å². The third-order valence-electron chi connectivity index (χ3n) is 5.17. The number of carbonyl (C=O) groups is 1. The molecule has 2 aromatic heterocycles. The van der Waals surface area contributed by atoms with E-state index in [4.69, 9.17) is 33.4 Å². The Labute approximate surface area is 188 Å².